The molecule has 2 aromatic carbocycles. The number of halogens is 1. The molecule has 1 aliphatic rings. The van der Waals surface area contributed by atoms with Crippen LogP contribution in [0.5, 0.6) is 5.75 Å². The maximum Gasteiger partial charge on any atom is 0.344 e. The molecule has 0 bridgehead atoms. The summed E-state index contributed by atoms with van der Waals surface area (Å²) < 4.78 is 31.9. The number of carboxylic acid groups (broad SMARTS) is 1. The smallest absolute Gasteiger partial charge is 0.344 e. The number of carbonyl (C=O) groups excluding carboxylic acids is 1. The van der Waals surface area contributed by atoms with E-state index in [9.17, 15) is 18.0 Å². The van der Waals surface area contributed by atoms with Crippen LogP contribution >= 0.6 is 11.6 Å². The fourth-order valence-corrected chi connectivity index (χ4v) is 4.32. The first kappa shape index (κ1) is 19.0. The molecule has 1 heterocycles. The maximum absolute atomic E-state index is 13.0. The molecule has 142 valence electrons. The van der Waals surface area contributed by atoms with Crippen LogP contribution < -0.4 is 13.9 Å². The fraction of sp³-hybridized carbons (Fsp3) is 0.176. The lowest BCUT2D eigenvalue weighted by atomic mass is 10.2. The monoisotopic (exact) mass is 410 g/mol. The Labute approximate surface area is 160 Å². The van der Waals surface area contributed by atoms with Crippen LogP contribution in [0.3, 0.4) is 0 Å². The van der Waals surface area contributed by atoms with E-state index in [1.165, 1.54) is 56.4 Å². The molecule has 0 aromatic heterocycles. The normalized spacial score (nSPS) is 16.6. The Kier molecular flexibility index (Phi) is 4.75. The van der Waals surface area contributed by atoms with Gasteiger partial charge in [-0.05, 0) is 43.3 Å². The van der Waals surface area contributed by atoms with Crippen LogP contribution in [0.2, 0.25) is 5.02 Å². The maximum atomic E-state index is 13.0. The third kappa shape index (κ3) is 3.31. The summed E-state index contributed by atoms with van der Waals surface area (Å²) in [6.45, 7) is 1.34. The van der Waals surface area contributed by atoms with Crippen molar-refractivity contribution in [2.24, 2.45) is 0 Å². The van der Waals surface area contributed by atoms with Crippen LogP contribution in [-0.4, -0.2) is 38.7 Å². The number of ether oxygens (including phenoxy) is 1. The first-order valence-corrected chi connectivity index (χ1v) is 9.57. The highest BCUT2D eigenvalue weighted by Gasteiger charge is 2.41. The van der Waals surface area contributed by atoms with Gasteiger partial charge in [0, 0.05) is 18.1 Å². The molecule has 3 rings (SSSR count). The summed E-state index contributed by atoms with van der Waals surface area (Å²) in [6, 6.07) is 9.00. The van der Waals surface area contributed by atoms with Gasteiger partial charge in [-0.25, -0.2) is 18.0 Å². The van der Waals surface area contributed by atoms with Gasteiger partial charge in [-0.1, -0.05) is 11.6 Å². The molecule has 2 aromatic rings. The van der Waals surface area contributed by atoms with Crippen molar-refractivity contribution in [3.8, 4) is 5.75 Å². The van der Waals surface area contributed by atoms with Crippen molar-refractivity contribution in [3.05, 3.63) is 47.5 Å². The number of fused-ring (bicyclic) bond motifs is 1. The zero-order chi connectivity index (χ0) is 19.9. The Balaban J connectivity index is 2.08. The predicted octanol–water partition coefficient (Wildman–Crippen LogP) is 2.96. The quantitative estimate of drug-likeness (QED) is 0.830. The number of aliphatic carboxylic acids is 1. The van der Waals surface area contributed by atoms with E-state index in [0.717, 1.165) is 4.90 Å². The largest absolute Gasteiger partial charge is 0.479 e. The van der Waals surface area contributed by atoms with Gasteiger partial charge in [-0.2, -0.15) is 4.31 Å². The average Bonchev–Trinajstić information content (AvgIpc) is 2.61. The Morgan fingerprint density at radius 3 is 2.41 bits per heavy atom. The first-order valence-electron chi connectivity index (χ1n) is 7.75. The second-order valence-corrected chi connectivity index (χ2v) is 8.01. The Morgan fingerprint density at radius 2 is 1.81 bits per heavy atom. The standard InChI is InChI=1S/C17H15ClN2O6S/c1-10(16(21)22)26-13-7-8-15-14(9-13)19(2)17(23)20(27(15,24)25)12-5-3-11(18)4-6-12/h3-10H,1-2H3,(H,21,22). The van der Waals surface area contributed by atoms with E-state index in [1.54, 1.807) is 0 Å². The van der Waals surface area contributed by atoms with Gasteiger partial charge in [0.2, 0.25) is 0 Å². The lowest BCUT2D eigenvalue weighted by Crippen LogP contribution is -2.49. The van der Waals surface area contributed by atoms with E-state index in [4.69, 9.17) is 21.4 Å². The van der Waals surface area contributed by atoms with Crippen molar-refractivity contribution in [1.29, 1.82) is 0 Å². The fourth-order valence-electron chi connectivity index (χ4n) is 2.57. The number of hydrogen-bond donors (Lipinski definition) is 1. The molecular weight excluding hydrogens is 396 g/mol. The van der Waals surface area contributed by atoms with Crippen molar-refractivity contribution in [1.82, 2.24) is 0 Å². The second kappa shape index (κ2) is 6.75. The molecule has 8 nitrogen and oxygen atoms in total. The van der Waals surface area contributed by atoms with Crippen LogP contribution in [0.1, 0.15) is 6.92 Å². The number of carbonyl (C=O) groups is 2. The molecule has 0 radical (unpaired) electrons. The molecule has 1 atom stereocenters. The minimum atomic E-state index is -4.17. The third-order valence-corrected chi connectivity index (χ3v) is 5.99. The molecule has 1 unspecified atom stereocenters. The Bertz CT molecular complexity index is 1020. The lowest BCUT2D eigenvalue weighted by molar-refractivity contribution is -0.144. The number of sulfonamides is 1. The number of anilines is 2. The summed E-state index contributed by atoms with van der Waals surface area (Å²) in [5.41, 5.74) is 0.252. The number of benzene rings is 2. The van der Waals surface area contributed by atoms with Crippen LogP contribution in [0.4, 0.5) is 16.2 Å². The van der Waals surface area contributed by atoms with Gasteiger partial charge in [-0.3, -0.25) is 4.90 Å². The summed E-state index contributed by atoms with van der Waals surface area (Å²) in [5.74, 6) is -1.03. The summed E-state index contributed by atoms with van der Waals surface area (Å²) in [4.78, 5) is 24.7. The predicted molar refractivity (Wildman–Crippen MR) is 99.1 cm³/mol. The molecular formula is C17H15ClN2O6S. The van der Waals surface area contributed by atoms with Gasteiger partial charge in [0.05, 0.1) is 11.4 Å². The molecule has 1 aliphatic heterocycles. The van der Waals surface area contributed by atoms with Crippen molar-refractivity contribution in [3.63, 3.8) is 0 Å². The minimum Gasteiger partial charge on any atom is -0.479 e. The Hall–Kier alpha value is -2.78. The summed E-state index contributed by atoms with van der Waals surface area (Å²) in [6.07, 6.45) is -1.13. The van der Waals surface area contributed by atoms with Crippen LogP contribution in [0.15, 0.2) is 47.4 Å². The molecule has 0 aliphatic carbocycles. The number of amides is 2. The number of nitrogens with zero attached hydrogens (tertiary/aromatic N) is 2. The second-order valence-electron chi connectivity index (χ2n) is 5.82. The van der Waals surface area contributed by atoms with Crippen LogP contribution in [0.25, 0.3) is 0 Å². The van der Waals surface area contributed by atoms with Gasteiger partial charge in [-0.15, -0.1) is 0 Å². The SMILES string of the molecule is CC(Oc1ccc2c(c1)N(C)C(=O)N(c1ccc(Cl)cc1)S2(=O)=O)C(=O)O. The van der Waals surface area contributed by atoms with Crippen molar-refractivity contribution in [2.45, 2.75) is 17.9 Å². The highest BCUT2D eigenvalue weighted by atomic mass is 35.5. The molecule has 0 spiro atoms. The summed E-state index contributed by atoms with van der Waals surface area (Å²) in [5, 5.41) is 9.34. The minimum absolute atomic E-state index is 0.0975. The number of rotatable bonds is 4. The number of hydrogen-bond acceptors (Lipinski definition) is 5. The molecule has 0 fully saturated rings. The van der Waals surface area contributed by atoms with Crippen molar-refractivity contribution >= 4 is 45.0 Å². The van der Waals surface area contributed by atoms with E-state index >= 15 is 0 Å². The average molecular weight is 411 g/mol. The highest BCUT2D eigenvalue weighted by Crippen LogP contribution is 2.38. The third-order valence-electron chi connectivity index (χ3n) is 3.99. The van der Waals surface area contributed by atoms with E-state index in [-0.39, 0.29) is 22.0 Å². The van der Waals surface area contributed by atoms with Crippen LogP contribution in [-0.2, 0) is 14.8 Å². The Morgan fingerprint density at radius 1 is 1.19 bits per heavy atom. The van der Waals surface area contributed by atoms with Gasteiger partial charge in [0.15, 0.2) is 6.10 Å². The molecule has 0 saturated carbocycles. The highest BCUT2D eigenvalue weighted by molar-refractivity contribution is 7.94. The molecule has 0 saturated heterocycles. The van der Waals surface area contributed by atoms with Gasteiger partial charge >= 0.3 is 12.0 Å². The van der Waals surface area contributed by atoms with Gasteiger partial charge < -0.3 is 9.84 Å². The number of carboxylic acids is 1. The molecule has 27 heavy (non-hydrogen) atoms. The lowest BCUT2D eigenvalue weighted by Gasteiger charge is -2.34. The first-order chi connectivity index (χ1) is 12.6. The van der Waals surface area contributed by atoms with Gasteiger partial charge in [0.1, 0.15) is 10.6 Å². The van der Waals surface area contributed by atoms with E-state index in [0.29, 0.717) is 9.33 Å². The summed E-state index contributed by atoms with van der Waals surface area (Å²) in [7, 11) is -2.75. The van der Waals surface area contributed by atoms with Crippen LogP contribution in [0, 0.1) is 0 Å². The molecule has 2 amide bonds. The van der Waals surface area contributed by atoms with Crippen molar-refractivity contribution in [2.75, 3.05) is 16.3 Å². The van der Waals surface area contributed by atoms with E-state index in [2.05, 4.69) is 0 Å². The van der Waals surface area contributed by atoms with Crippen molar-refractivity contribution < 1.29 is 27.9 Å². The van der Waals surface area contributed by atoms with E-state index < -0.39 is 28.1 Å². The zero-order valence-electron chi connectivity index (χ0n) is 14.3. The van der Waals surface area contributed by atoms with Gasteiger partial charge in [0.25, 0.3) is 10.0 Å². The zero-order valence-corrected chi connectivity index (χ0v) is 15.9. The summed E-state index contributed by atoms with van der Waals surface area (Å²) >= 11 is 5.83. The van der Waals surface area contributed by atoms with E-state index in [1.807, 2.05) is 0 Å². The molecule has 1 N–H and O–H groups in total. The molecule has 10 heteroatoms. The number of urea groups is 1. The topological polar surface area (TPSA) is 104 Å².